The molecule has 0 radical (unpaired) electrons. The van der Waals surface area contributed by atoms with Crippen molar-refractivity contribution in [3.8, 4) is 0 Å². The lowest BCUT2D eigenvalue weighted by atomic mass is 10.3. The highest BCUT2D eigenvalue weighted by molar-refractivity contribution is 9.08. The van der Waals surface area contributed by atoms with Gasteiger partial charge in [0.2, 0.25) is 5.95 Å². The van der Waals surface area contributed by atoms with E-state index in [1.165, 1.54) is 12.3 Å². The van der Waals surface area contributed by atoms with Crippen LogP contribution in [0.3, 0.4) is 0 Å². The number of aromatic nitrogens is 1. The average molecular weight is 208 g/mol. The third kappa shape index (κ3) is 1.31. The van der Waals surface area contributed by atoms with Gasteiger partial charge in [-0.05, 0) is 6.07 Å². The maximum absolute atomic E-state index is 12.5. The summed E-state index contributed by atoms with van der Waals surface area (Å²) in [4.78, 5) is 3.12. The van der Waals surface area contributed by atoms with E-state index in [2.05, 4.69) is 20.9 Å². The average Bonchev–Trinajstić information content (AvgIpc) is 1.95. The van der Waals surface area contributed by atoms with Crippen molar-refractivity contribution in [2.24, 2.45) is 0 Å². The van der Waals surface area contributed by atoms with Crippen LogP contribution in [0, 0.1) is 11.8 Å². The van der Waals surface area contributed by atoms with Gasteiger partial charge in [-0.15, -0.1) is 0 Å². The molecule has 1 nitrogen and oxygen atoms in total. The van der Waals surface area contributed by atoms with Gasteiger partial charge in [0.25, 0.3) is 0 Å². The largest absolute Gasteiger partial charge is 0.249 e. The van der Waals surface area contributed by atoms with Gasteiger partial charge in [0, 0.05) is 17.1 Å². The molecule has 0 unspecified atom stereocenters. The van der Waals surface area contributed by atoms with Gasteiger partial charge in [-0.1, -0.05) is 15.9 Å². The second kappa shape index (κ2) is 3.05. The molecule has 1 aromatic heterocycles. The van der Waals surface area contributed by atoms with Crippen LogP contribution in [-0.2, 0) is 5.33 Å². The number of halogens is 3. The zero-order valence-corrected chi connectivity index (χ0v) is 6.53. The van der Waals surface area contributed by atoms with Gasteiger partial charge in [0.1, 0.15) is 0 Å². The SMILES string of the molecule is Fc1nccc(CBr)c1F. The molecular weight excluding hydrogens is 204 g/mol. The van der Waals surface area contributed by atoms with E-state index in [-0.39, 0.29) is 5.56 Å². The molecule has 10 heavy (non-hydrogen) atoms. The molecule has 0 saturated heterocycles. The second-order valence-electron chi connectivity index (χ2n) is 1.71. The minimum absolute atomic E-state index is 0.285. The summed E-state index contributed by atoms with van der Waals surface area (Å²) in [6.07, 6.45) is 1.23. The van der Waals surface area contributed by atoms with Crippen LogP contribution < -0.4 is 0 Å². The first-order chi connectivity index (χ1) is 4.75. The molecule has 4 heteroatoms. The Morgan fingerprint density at radius 3 is 2.70 bits per heavy atom. The van der Waals surface area contributed by atoms with Crippen LogP contribution in [-0.4, -0.2) is 4.98 Å². The molecule has 54 valence electrons. The van der Waals surface area contributed by atoms with Gasteiger partial charge in [0.15, 0.2) is 5.82 Å². The predicted octanol–water partition coefficient (Wildman–Crippen LogP) is 2.25. The number of pyridine rings is 1. The van der Waals surface area contributed by atoms with Crippen molar-refractivity contribution in [2.45, 2.75) is 5.33 Å². The van der Waals surface area contributed by atoms with E-state index in [0.29, 0.717) is 5.33 Å². The molecule has 1 heterocycles. The molecule has 0 N–H and O–H groups in total. The van der Waals surface area contributed by atoms with Gasteiger partial charge < -0.3 is 0 Å². The molecule has 0 spiro atoms. The lowest BCUT2D eigenvalue weighted by Crippen LogP contribution is -1.93. The van der Waals surface area contributed by atoms with Crippen molar-refractivity contribution in [1.82, 2.24) is 4.98 Å². The molecule has 0 aliphatic rings. The lowest BCUT2D eigenvalue weighted by molar-refractivity contribution is 0.474. The van der Waals surface area contributed by atoms with E-state index in [4.69, 9.17) is 0 Å². The Bertz CT molecular complexity index is 239. The Hall–Kier alpha value is -0.510. The molecule has 0 saturated carbocycles. The van der Waals surface area contributed by atoms with Gasteiger partial charge in [-0.2, -0.15) is 4.39 Å². The molecular formula is C6H4BrF2N. The number of nitrogens with zero attached hydrogens (tertiary/aromatic N) is 1. The summed E-state index contributed by atoms with van der Waals surface area (Å²) in [5.74, 6) is -1.92. The fourth-order valence-electron chi connectivity index (χ4n) is 0.558. The molecule has 1 aromatic rings. The number of alkyl halides is 1. The molecule has 0 bridgehead atoms. The maximum Gasteiger partial charge on any atom is 0.249 e. The molecule has 1 rings (SSSR count). The topological polar surface area (TPSA) is 12.9 Å². The van der Waals surface area contributed by atoms with Crippen molar-refractivity contribution in [2.75, 3.05) is 0 Å². The van der Waals surface area contributed by atoms with Crippen LogP contribution in [0.25, 0.3) is 0 Å². The Labute approximate surface area is 65.2 Å². The Kier molecular flexibility index (Phi) is 2.32. The molecule has 0 amide bonds. The van der Waals surface area contributed by atoms with E-state index < -0.39 is 11.8 Å². The second-order valence-corrected chi connectivity index (χ2v) is 2.27. The van der Waals surface area contributed by atoms with Crippen LogP contribution in [0.4, 0.5) is 8.78 Å². The predicted molar refractivity (Wildman–Crippen MR) is 36.8 cm³/mol. The molecule has 0 aliphatic heterocycles. The van der Waals surface area contributed by atoms with Gasteiger partial charge >= 0.3 is 0 Å². The summed E-state index contributed by atoms with van der Waals surface area (Å²) in [5, 5.41) is 0.304. The Morgan fingerprint density at radius 1 is 1.50 bits per heavy atom. The van der Waals surface area contributed by atoms with Crippen LogP contribution >= 0.6 is 15.9 Å². The highest BCUT2D eigenvalue weighted by Crippen LogP contribution is 2.11. The third-order valence-corrected chi connectivity index (χ3v) is 1.67. The molecule has 0 aromatic carbocycles. The van der Waals surface area contributed by atoms with Crippen LogP contribution in [0.5, 0.6) is 0 Å². The molecule has 0 atom stereocenters. The van der Waals surface area contributed by atoms with Gasteiger partial charge in [-0.25, -0.2) is 9.37 Å². The zero-order chi connectivity index (χ0) is 7.56. The monoisotopic (exact) mass is 207 g/mol. The smallest absolute Gasteiger partial charge is 0.226 e. The van der Waals surface area contributed by atoms with E-state index in [1.807, 2.05) is 0 Å². The number of rotatable bonds is 1. The first-order valence-electron chi connectivity index (χ1n) is 2.60. The summed E-state index contributed by atoms with van der Waals surface area (Å²) in [5.41, 5.74) is 0.285. The fourth-order valence-corrected chi connectivity index (χ4v) is 0.991. The minimum Gasteiger partial charge on any atom is -0.226 e. The standard InChI is InChI=1S/C6H4BrF2N/c7-3-4-1-2-10-6(9)5(4)8/h1-2H,3H2. The van der Waals surface area contributed by atoms with E-state index in [1.54, 1.807) is 0 Å². The highest BCUT2D eigenvalue weighted by Gasteiger charge is 2.05. The zero-order valence-electron chi connectivity index (χ0n) is 4.94. The summed E-state index contributed by atoms with van der Waals surface area (Å²) in [6.45, 7) is 0. The first-order valence-corrected chi connectivity index (χ1v) is 3.72. The fraction of sp³-hybridized carbons (Fsp3) is 0.167. The van der Waals surface area contributed by atoms with Gasteiger partial charge in [-0.3, -0.25) is 0 Å². The van der Waals surface area contributed by atoms with Crippen LogP contribution in [0.1, 0.15) is 5.56 Å². The van der Waals surface area contributed by atoms with Crippen molar-refractivity contribution in [3.05, 3.63) is 29.6 Å². The number of hydrogen-bond acceptors (Lipinski definition) is 1. The summed E-state index contributed by atoms with van der Waals surface area (Å²) >= 11 is 3.01. The van der Waals surface area contributed by atoms with Crippen molar-refractivity contribution in [1.29, 1.82) is 0 Å². The van der Waals surface area contributed by atoms with Crippen LogP contribution in [0.2, 0.25) is 0 Å². The van der Waals surface area contributed by atoms with Crippen molar-refractivity contribution in [3.63, 3.8) is 0 Å². The normalized spacial score (nSPS) is 9.90. The molecule has 0 fully saturated rings. The maximum atomic E-state index is 12.5. The summed E-state index contributed by atoms with van der Waals surface area (Å²) in [6, 6.07) is 1.42. The minimum atomic E-state index is -1.04. The lowest BCUT2D eigenvalue weighted by Gasteiger charge is -1.95. The van der Waals surface area contributed by atoms with Crippen molar-refractivity contribution >= 4 is 15.9 Å². The van der Waals surface area contributed by atoms with E-state index >= 15 is 0 Å². The summed E-state index contributed by atoms with van der Waals surface area (Å²) < 4.78 is 24.8. The Morgan fingerprint density at radius 2 is 2.20 bits per heavy atom. The van der Waals surface area contributed by atoms with E-state index in [9.17, 15) is 8.78 Å². The van der Waals surface area contributed by atoms with Gasteiger partial charge in [0.05, 0.1) is 0 Å². The van der Waals surface area contributed by atoms with E-state index in [0.717, 1.165) is 0 Å². The third-order valence-electron chi connectivity index (χ3n) is 1.07. The highest BCUT2D eigenvalue weighted by atomic mass is 79.9. The Balaban J connectivity index is 3.14. The first kappa shape index (κ1) is 7.60. The summed E-state index contributed by atoms with van der Waals surface area (Å²) in [7, 11) is 0. The number of hydrogen-bond donors (Lipinski definition) is 0. The van der Waals surface area contributed by atoms with Crippen LogP contribution in [0.15, 0.2) is 12.3 Å². The van der Waals surface area contributed by atoms with Crippen molar-refractivity contribution < 1.29 is 8.78 Å². The quantitative estimate of drug-likeness (QED) is 0.509. The molecule has 0 aliphatic carbocycles.